The molecule has 9 heteroatoms. The summed E-state index contributed by atoms with van der Waals surface area (Å²) in [7, 11) is 1.49. The number of aryl methyl sites for hydroxylation is 1. The van der Waals surface area contributed by atoms with Crippen LogP contribution >= 0.6 is 11.3 Å². The van der Waals surface area contributed by atoms with Crippen molar-refractivity contribution in [2.24, 2.45) is 11.7 Å². The lowest BCUT2D eigenvalue weighted by atomic mass is 9.95. The first kappa shape index (κ1) is 24.6. The summed E-state index contributed by atoms with van der Waals surface area (Å²) in [6.07, 6.45) is 4.56. The third-order valence-corrected chi connectivity index (χ3v) is 6.56. The van der Waals surface area contributed by atoms with Crippen molar-refractivity contribution in [3.63, 3.8) is 0 Å². The highest BCUT2D eigenvalue weighted by molar-refractivity contribution is 7.17. The minimum atomic E-state index is -0.669. The quantitative estimate of drug-likeness (QED) is 0.504. The Morgan fingerprint density at radius 1 is 1.15 bits per heavy atom. The van der Waals surface area contributed by atoms with Gasteiger partial charge in [0.25, 0.3) is 11.8 Å². The molecule has 0 radical (unpaired) electrons. The Labute approximate surface area is 197 Å². The van der Waals surface area contributed by atoms with Gasteiger partial charge in [-0.2, -0.15) is 0 Å². The number of benzene rings is 1. The summed E-state index contributed by atoms with van der Waals surface area (Å²) in [5.41, 5.74) is 7.08. The molecule has 1 heterocycles. The molecule has 0 atom stereocenters. The maximum atomic E-state index is 12.4. The molecule has 0 fully saturated rings. The van der Waals surface area contributed by atoms with Gasteiger partial charge in [-0.1, -0.05) is 13.8 Å². The van der Waals surface area contributed by atoms with Crippen LogP contribution in [-0.4, -0.2) is 38.1 Å². The molecule has 1 aliphatic carbocycles. The van der Waals surface area contributed by atoms with Crippen LogP contribution in [0.25, 0.3) is 0 Å². The highest BCUT2D eigenvalue weighted by atomic mass is 32.1. The van der Waals surface area contributed by atoms with Crippen LogP contribution in [-0.2, 0) is 22.4 Å². The Hall–Kier alpha value is -3.07. The monoisotopic (exact) mass is 474 g/mol. The van der Waals surface area contributed by atoms with E-state index in [1.165, 1.54) is 24.5 Å². The first-order valence-corrected chi connectivity index (χ1v) is 11.8. The molecule has 0 spiro atoms. The molecule has 3 rings (SSSR count). The summed E-state index contributed by atoms with van der Waals surface area (Å²) in [5, 5.41) is 3.09. The van der Waals surface area contributed by atoms with Crippen LogP contribution in [0.4, 0.5) is 5.00 Å². The van der Waals surface area contributed by atoms with E-state index in [-0.39, 0.29) is 5.56 Å². The second kappa shape index (κ2) is 11.2. The maximum absolute atomic E-state index is 12.4. The molecule has 3 N–H and O–H groups in total. The number of hydrogen-bond donors (Lipinski definition) is 2. The van der Waals surface area contributed by atoms with Gasteiger partial charge in [0, 0.05) is 4.88 Å². The van der Waals surface area contributed by atoms with E-state index in [4.69, 9.17) is 19.9 Å². The number of anilines is 1. The van der Waals surface area contributed by atoms with E-state index < -0.39 is 24.4 Å². The lowest BCUT2D eigenvalue weighted by Crippen LogP contribution is -2.23. The molecule has 8 nitrogen and oxygen atoms in total. The van der Waals surface area contributed by atoms with Crippen LogP contribution in [0, 0.1) is 5.92 Å². The highest BCUT2D eigenvalue weighted by Crippen LogP contribution is 2.37. The first-order valence-electron chi connectivity index (χ1n) is 11.0. The zero-order valence-corrected chi connectivity index (χ0v) is 20.0. The zero-order valence-electron chi connectivity index (χ0n) is 19.2. The molecule has 33 heavy (non-hydrogen) atoms. The van der Waals surface area contributed by atoms with Crippen LogP contribution in [0.15, 0.2) is 18.2 Å². The predicted octanol–water partition coefficient (Wildman–Crippen LogP) is 3.95. The summed E-state index contributed by atoms with van der Waals surface area (Å²) in [6, 6.07) is 4.72. The molecule has 1 aromatic heterocycles. The van der Waals surface area contributed by atoms with E-state index in [2.05, 4.69) is 19.2 Å². The Morgan fingerprint density at radius 3 is 2.61 bits per heavy atom. The molecule has 2 aromatic rings. The number of nitrogens with two attached hydrogens (primary N) is 1. The number of fused-ring (bicyclic) bond motifs is 1. The largest absolute Gasteiger partial charge is 0.493 e. The molecule has 178 valence electrons. The summed E-state index contributed by atoms with van der Waals surface area (Å²) < 4.78 is 16.2. The summed E-state index contributed by atoms with van der Waals surface area (Å²) in [4.78, 5) is 37.9. The minimum absolute atomic E-state index is 0.236. The van der Waals surface area contributed by atoms with Gasteiger partial charge in [-0.15, -0.1) is 11.3 Å². The van der Waals surface area contributed by atoms with Gasteiger partial charge in [0.15, 0.2) is 18.1 Å². The smallest absolute Gasteiger partial charge is 0.338 e. The zero-order chi connectivity index (χ0) is 24.0. The van der Waals surface area contributed by atoms with Gasteiger partial charge in [0.1, 0.15) is 5.00 Å². The average molecular weight is 475 g/mol. The van der Waals surface area contributed by atoms with E-state index in [1.54, 1.807) is 12.1 Å². The number of nitrogens with one attached hydrogen (secondary N) is 1. The minimum Gasteiger partial charge on any atom is -0.493 e. The second-order valence-corrected chi connectivity index (χ2v) is 9.41. The van der Waals surface area contributed by atoms with E-state index in [0.29, 0.717) is 34.6 Å². The van der Waals surface area contributed by atoms with Gasteiger partial charge in [0.05, 0.1) is 24.8 Å². The third-order valence-electron chi connectivity index (χ3n) is 5.36. The number of carbonyl (C=O) groups is 3. The Morgan fingerprint density at radius 2 is 1.91 bits per heavy atom. The van der Waals surface area contributed by atoms with Gasteiger partial charge in [0.2, 0.25) is 0 Å². The van der Waals surface area contributed by atoms with Gasteiger partial charge in [-0.05, 0) is 61.8 Å². The highest BCUT2D eigenvalue weighted by Gasteiger charge is 2.25. The van der Waals surface area contributed by atoms with E-state index >= 15 is 0 Å². The molecule has 1 aromatic carbocycles. The number of rotatable bonds is 10. The third kappa shape index (κ3) is 6.25. The van der Waals surface area contributed by atoms with Crippen molar-refractivity contribution >= 4 is 34.1 Å². The summed E-state index contributed by atoms with van der Waals surface area (Å²) >= 11 is 1.36. The lowest BCUT2D eigenvalue weighted by Gasteiger charge is -2.13. The molecular formula is C24H30N2O6S. The molecule has 0 bridgehead atoms. The number of esters is 1. The van der Waals surface area contributed by atoms with Gasteiger partial charge >= 0.3 is 5.97 Å². The van der Waals surface area contributed by atoms with Gasteiger partial charge < -0.3 is 25.3 Å². The van der Waals surface area contributed by atoms with E-state index in [0.717, 1.165) is 42.5 Å². The molecular weight excluding hydrogens is 444 g/mol. The van der Waals surface area contributed by atoms with Gasteiger partial charge in [-0.3, -0.25) is 9.59 Å². The van der Waals surface area contributed by atoms with Gasteiger partial charge in [-0.25, -0.2) is 4.79 Å². The number of carbonyl (C=O) groups excluding carboxylic acids is 3. The fourth-order valence-corrected chi connectivity index (χ4v) is 4.92. The number of thiophene rings is 1. The van der Waals surface area contributed by atoms with E-state index in [1.807, 2.05) is 0 Å². The topological polar surface area (TPSA) is 117 Å². The number of ether oxygens (including phenoxy) is 3. The Balaban J connectivity index is 1.60. The first-order chi connectivity index (χ1) is 15.8. The lowest BCUT2D eigenvalue weighted by molar-refractivity contribution is -0.119. The molecule has 0 aliphatic heterocycles. The predicted molar refractivity (Wildman–Crippen MR) is 126 cm³/mol. The normalized spacial score (nSPS) is 12.7. The number of amides is 2. The number of methoxy groups -OCH3 is 1. The van der Waals surface area contributed by atoms with Crippen molar-refractivity contribution in [1.29, 1.82) is 0 Å². The van der Waals surface area contributed by atoms with Crippen molar-refractivity contribution < 1.29 is 28.6 Å². The molecule has 1 aliphatic rings. The average Bonchev–Trinajstić information content (AvgIpc) is 3.15. The molecule has 0 saturated carbocycles. The van der Waals surface area contributed by atoms with Crippen LogP contribution in [0.2, 0.25) is 0 Å². The van der Waals surface area contributed by atoms with Crippen LogP contribution in [0.5, 0.6) is 11.5 Å². The van der Waals surface area contributed by atoms with Crippen molar-refractivity contribution in [3.8, 4) is 11.5 Å². The second-order valence-electron chi connectivity index (χ2n) is 8.30. The Kier molecular flexibility index (Phi) is 8.32. The van der Waals surface area contributed by atoms with E-state index in [9.17, 15) is 14.4 Å². The van der Waals surface area contributed by atoms with Crippen LogP contribution in [0.3, 0.4) is 0 Å². The van der Waals surface area contributed by atoms with Crippen LogP contribution in [0.1, 0.15) is 64.3 Å². The van der Waals surface area contributed by atoms with Crippen molar-refractivity contribution in [3.05, 3.63) is 39.8 Å². The summed E-state index contributed by atoms with van der Waals surface area (Å²) in [6.45, 7) is 4.26. The van der Waals surface area contributed by atoms with Crippen molar-refractivity contribution in [2.75, 3.05) is 25.6 Å². The van der Waals surface area contributed by atoms with Crippen molar-refractivity contribution in [1.82, 2.24) is 0 Å². The molecule has 2 amide bonds. The maximum Gasteiger partial charge on any atom is 0.338 e. The number of primary amides is 1. The fourth-order valence-electron chi connectivity index (χ4n) is 3.61. The summed E-state index contributed by atoms with van der Waals surface area (Å²) in [5.74, 6) is -0.316. The SMILES string of the molecule is COc1cc(C(=O)OCC(=O)Nc2sc3c(c2C(N)=O)CCCC3)ccc1OCCC(C)C. The van der Waals surface area contributed by atoms with Crippen LogP contribution < -0.4 is 20.5 Å². The van der Waals surface area contributed by atoms with Crippen molar-refractivity contribution in [2.45, 2.75) is 46.0 Å². The molecule has 0 saturated heterocycles. The molecule has 0 unspecified atom stereocenters. The Bertz CT molecular complexity index is 1030. The fraction of sp³-hybridized carbons (Fsp3) is 0.458. The standard InChI is InChI=1S/C24H30N2O6S/c1-14(2)10-11-31-17-9-8-15(12-18(17)30-3)24(29)32-13-20(27)26-23-21(22(25)28)16-6-4-5-7-19(16)33-23/h8-9,12,14H,4-7,10-11,13H2,1-3H3,(H2,25,28)(H,26,27). The number of hydrogen-bond acceptors (Lipinski definition) is 7.